The SMILES string of the molecule is COc1ccccc1C(C)CC(=O)C=[N+]=[N-]. The first-order valence-electron chi connectivity index (χ1n) is 5.02. The number of benzene rings is 1. The van der Waals surface area contributed by atoms with E-state index in [1.54, 1.807) is 7.11 Å². The highest BCUT2D eigenvalue weighted by Crippen LogP contribution is 2.28. The van der Waals surface area contributed by atoms with E-state index in [0.29, 0.717) is 6.42 Å². The van der Waals surface area contributed by atoms with Crippen LogP contribution in [0.1, 0.15) is 24.8 Å². The van der Waals surface area contributed by atoms with Gasteiger partial charge in [0.2, 0.25) is 5.78 Å². The Kier molecular flexibility index (Phi) is 4.42. The summed E-state index contributed by atoms with van der Waals surface area (Å²) in [6.45, 7) is 1.93. The number of methoxy groups -OCH3 is 1. The zero-order valence-corrected chi connectivity index (χ0v) is 9.38. The van der Waals surface area contributed by atoms with E-state index in [2.05, 4.69) is 4.79 Å². The van der Waals surface area contributed by atoms with Gasteiger partial charge in [-0.15, -0.1) is 0 Å². The number of para-hydroxylation sites is 1. The van der Waals surface area contributed by atoms with Gasteiger partial charge < -0.3 is 10.3 Å². The zero-order chi connectivity index (χ0) is 12.0. The molecule has 0 spiro atoms. The molecule has 1 unspecified atom stereocenters. The summed E-state index contributed by atoms with van der Waals surface area (Å²) in [5.74, 6) is 0.589. The predicted octanol–water partition coefficient (Wildman–Crippen LogP) is 2.06. The van der Waals surface area contributed by atoms with Crippen molar-refractivity contribution in [2.45, 2.75) is 19.3 Å². The molecule has 0 saturated carbocycles. The predicted molar refractivity (Wildman–Crippen MR) is 60.7 cm³/mol. The number of carbonyl (C=O) groups is 1. The Morgan fingerprint density at radius 3 is 2.88 bits per heavy atom. The van der Waals surface area contributed by atoms with Crippen molar-refractivity contribution in [3.8, 4) is 5.75 Å². The van der Waals surface area contributed by atoms with Crippen molar-refractivity contribution in [1.82, 2.24) is 0 Å². The van der Waals surface area contributed by atoms with Crippen molar-refractivity contribution >= 4 is 12.0 Å². The molecular weight excluding hydrogens is 204 g/mol. The molecular formula is C12H14N2O2. The maximum Gasteiger partial charge on any atom is 0.323 e. The molecule has 84 valence electrons. The molecule has 0 amide bonds. The van der Waals surface area contributed by atoms with Crippen molar-refractivity contribution in [2.24, 2.45) is 0 Å². The third-order valence-corrected chi connectivity index (χ3v) is 2.38. The number of ketones is 1. The third-order valence-electron chi connectivity index (χ3n) is 2.38. The molecule has 0 aliphatic rings. The smallest absolute Gasteiger partial charge is 0.323 e. The minimum atomic E-state index is -0.207. The van der Waals surface area contributed by atoms with Gasteiger partial charge in [-0.1, -0.05) is 25.1 Å². The van der Waals surface area contributed by atoms with Gasteiger partial charge in [0.15, 0.2) is 0 Å². The van der Waals surface area contributed by atoms with Gasteiger partial charge in [0.05, 0.1) is 7.11 Å². The minimum absolute atomic E-state index is 0.0293. The molecule has 16 heavy (non-hydrogen) atoms. The Hall–Kier alpha value is -1.93. The van der Waals surface area contributed by atoms with E-state index in [1.807, 2.05) is 31.2 Å². The van der Waals surface area contributed by atoms with E-state index in [4.69, 9.17) is 10.3 Å². The summed E-state index contributed by atoms with van der Waals surface area (Å²) >= 11 is 0. The molecule has 1 aromatic rings. The standard InChI is InChI=1S/C12H14N2O2/c1-9(7-10(15)8-14-13)11-5-3-4-6-12(11)16-2/h3-6,8-9H,7H2,1-2H3. The van der Waals surface area contributed by atoms with Crippen LogP contribution >= 0.6 is 0 Å². The van der Waals surface area contributed by atoms with E-state index in [-0.39, 0.29) is 11.7 Å². The van der Waals surface area contributed by atoms with Gasteiger partial charge in [-0.2, -0.15) is 4.79 Å². The molecule has 0 saturated heterocycles. The summed E-state index contributed by atoms with van der Waals surface area (Å²) < 4.78 is 5.21. The Labute approximate surface area is 94.5 Å². The Morgan fingerprint density at radius 1 is 1.56 bits per heavy atom. The summed E-state index contributed by atoms with van der Waals surface area (Å²) in [6.07, 6.45) is 1.22. The quantitative estimate of drug-likeness (QED) is 0.431. The van der Waals surface area contributed by atoms with Gasteiger partial charge in [-0.05, 0) is 17.5 Å². The summed E-state index contributed by atoms with van der Waals surface area (Å²) in [6, 6.07) is 7.56. The molecule has 0 N–H and O–H groups in total. The zero-order valence-electron chi connectivity index (χ0n) is 9.38. The highest BCUT2D eigenvalue weighted by Gasteiger charge is 2.15. The van der Waals surface area contributed by atoms with Gasteiger partial charge in [0, 0.05) is 6.42 Å². The second-order valence-corrected chi connectivity index (χ2v) is 3.56. The second kappa shape index (κ2) is 5.83. The normalized spacial score (nSPS) is 11.4. The lowest BCUT2D eigenvalue weighted by atomic mass is 9.95. The lowest BCUT2D eigenvalue weighted by Crippen LogP contribution is -2.07. The number of hydrogen-bond donors (Lipinski definition) is 0. The topological polar surface area (TPSA) is 62.7 Å². The van der Waals surface area contributed by atoms with E-state index in [0.717, 1.165) is 17.5 Å². The first kappa shape index (κ1) is 12.1. The third kappa shape index (κ3) is 3.04. The monoisotopic (exact) mass is 218 g/mol. The van der Waals surface area contributed by atoms with Crippen molar-refractivity contribution in [2.75, 3.05) is 7.11 Å². The highest BCUT2D eigenvalue weighted by atomic mass is 16.5. The van der Waals surface area contributed by atoms with Crippen LogP contribution in [0.2, 0.25) is 0 Å². The van der Waals surface area contributed by atoms with Crippen molar-refractivity contribution < 1.29 is 14.3 Å². The molecule has 1 aromatic carbocycles. The van der Waals surface area contributed by atoms with Crippen LogP contribution in [0.5, 0.6) is 5.75 Å². The number of ether oxygens (including phenoxy) is 1. The van der Waals surface area contributed by atoms with Crippen LogP contribution in [0.4, 0.5) is 0 Å². The minimum Gasteiger partial charge on any atom is -0.496 e. The summed E-state index contributed by atoms with van der Waals surface area (Å²) in [7, 11) is 1.60. The average Bonchev–Trinajstić information content (AvgIpc) is 2.29. The molecule has 1 atom stereocenters. The van der Waals surface area contributed by atoms with Crippen LogP contribution in [-0.4, -0.2) is 23.9 Å². The molecule has 1 rings (SSSR count). The molecule has 0 aliphatic carbocycles. The lowest BCUT2D eigenvalue weighted by Gasteiger charge is -2.13. The summed E-state index contributed by atoms with van der Waals surface area (Å²) in [5.41, 5.74) is 9.22. The highest BCUT2D eigenvalue weighted by molar-refractivity contribution is 6.25. The van der Waals surface area contributed by atoms with E-state index >= 15 is 0 Å². The van der Waals surface area contributed by atoms with Gasteiger partial charge >= 0.3 is 6.21 Å². The maximum atomic E-state index is 11.3. The molecule has 0 heterocycles. The fourth-order valence-corrected chi connectivity index (χ4v) is 1.60. The Bertz CT molecular complexity index is 423. The van der Waals surface area contributed by atoms with Crippen LogP contribution in [0.3, 0.4) is 0 Å². The average molecular weight is 218 g/mol. The molecule has 4 heteroatoms. The van der Waals surface area contributed by atoms with Gasteiger partial charge in [0.25, 0.3) is 0 Å². The number of hydrogen-bond acceptors (Lipinski definition) is 2. The van der Waals surface area contributed by atoms with Crippen LogP contribution in [0.25, 0.3) is 5.53 Å². The van der Waals surface area contributed by atoms with E-state index in [9.17, 15) is 4.79 Å². The fourth-order valence-electron chi connectivity index (χ4n) is 1.60. The van der Waals surface area contributed by atoms with Crippen molar-refractivity contribution in [3.63, 3.8) is 0 Å². The van der Waals surface area contributed by atoms with Crippen LogP contribution in [0.15, 0.2) is 24.3 Å². The molecule has 0 aliphatic heterocycles. The van der Waals surface area contributed by atoms with Crippen LogP contribution in [0, 0.1) is 0 Å². The van der Waals surface area contributed by atoms with E-state index in [1.165, 1.54) is 0 Å². The first-order chi connectivity index (χ1) is 7.69. The number of rotatable bonds is 5. The van der Waals surface area contributed by atoms with Gasteiger partial charge in [-0.3, -0.25) is 4.79 Å². The fraction of sp³-hybridized carbons (Fsp3) is 0.333. The second-order valence-electron chi connectivity index (χ2n) is 3.56. The van der Waals surface area contributed by atoms with Gasteiger partial charge in [0.1, 0.15) is 5.75 Å². The maximum absolute atomic E-state index is 11.3. The van der Waals surface area contributed by atoms with Crippen molar-refractivity contribution in [1.29, 1.82) is 0 Å². The molecule has 0 radical (unpaired) electrons. The lowest BCUT2D eigenvalue weighted by molar-refractivity contribution is -0.116. The van der Waals surface area contributed by atoms with E-state index < -0.39 is 0 Å². The Morgan fingerprint density at radius 2 is 2.25 bits per heavy atom. The van der Waals surface area contributed by atoms with Crippen LogP contribution in [-0.2, 0) is 4.79 Å². The van der Waals surface area contributed by atoms with Crippen molar-refractivity contribution in [3.05, 3.63) is 35.4 Å². The summed E-state index contributed by atoms with van der Waals surface area (Å²) in [5, 5.41) is 0. The number of nitrogens with zero attached hydrogens (tertiary/aromatic N) is 2. The molecule has 0 aromatic heterocycles. The molecule has 0 fully saturated rings. The largest absolute Gasteiger partial charge is 0.496 e. The van der Waals surface area contributed by atoms with Crippen LogP contribution < -0.4 is 4.74 Å². The van der Waals surface area contributed by atoms with Gasteiger partial charge in [-0.25, -0.2) is 0 Å². The first-order valence-corrected chi connectivity index (χ1v) is 5.02. The number of Topliss-reactive ketones (excluding diaryl/α,β-unsaturated/α-hetero) is 1. The molecule has 4 nitrogen and oxygen atoms in total. The summed E-state index contributed by atoms with van der Waals surface area (Å²) in [4.78, 5) is 14.0. The molecule has 0 bridgehead atoms. The number of carbonyl (C=O) groups excluding carboxylic acids is 1. The Balaban J connectivity index is 2.83.